The van der Waals surface area contributed by atoms with Gasteiger partial charge < -0.3 is 19.5 Å². The molecule has 1 atom stereocenters. The minimum Gasteiger partial charge on any atom is -0.493 e. The molecule has 1 aromatic heterocycles. The van der Waals surface area contributed by atoms with E-state index >= 15 is 0 Å². The van der Waals surface area contributed by atoms with Crippen molar-refractivity contribution in [2.75, 3.05) is 19.5 Å². The second-order valence-corrected chi connectivity index (χ2v) is 10.7. The molecule has 0 radical (unpaired) electrons. The van der Waals surface area contributed by atoms with Crippen LogP contribution in [0, 0.1) is 5.82 Å². The molecule has 5 rings (SSSR count). The first kappa shape index (κ1) is 30.9. The summed E-state index contributed by atoms with van der Waals surface area (Å²) in [5, 5.41) is 3.85. The van der Waals surface area contributed by atoms with E-state index in [9.17, 15) is 9.18 Å². The highest BCUT2D eigenvalue weighted by atomic mass is 35.5. The quantitative estimate of drug-likeness (QED) is 0.147. The van der Waals surface area contributed by atoms with Crippen LogP contribution in [0.25, 0.3) is 11.1 Å². The zero-order valence-electron chi connectivity index (χ0n) is 24.0. The van der Waals surface area contributed by atoms with Gasteiger partial charge in [-0.05, 0) is 64.2 Å². The predicted octanol–water partition coefficient (Wildman–Crippen LogP) is 8.96. The number of benzene rings is 4. The number of esters is 1. The van der Waals surface area contributed by atoms with Gasteiger partial charge in [0.05, 0.1) is 35.5 Å². The molecule has 44 heavy (non-hydrogen) atoms. The van der Waals surface area contributed by atoms with Crippen molar-refractivity contribution in [1.29, 1.82) is 0 Å². The smallest absolute Gasteiger partial charge is 0.338 e. The van der Waals surface area contributed by atoms with Crippen LogP contribution >= 0.6 is 23.2 Å². The van der Waals surface area contributed by atoms with Gasteiger partial charge in [-0.15, -0.1) is 0 Å². The van der Waals surface area contributed by atoms with Gasteiger partial charge in [0.1, 0.15) is 11.9 Å². The van der Waals surface area contributed by atoms with Crippen LogP contribution < -0.4 is 14.8 Å². The monoisotopic (exact) mass is 630 g/mol. The second kappa shape index (κ2) is 14.3. The number of aromatic nitrogens is 1. The Morgan fingerprint density at radius 3 is 2.27 bits per heavy atom. The van der Waals surface area contributed by atoms with Gasteiger partial charge in [-0.25, -0.2) is 9.18 Å². The Kier molecular flexibility index (Phi) is 10.00. The molecule has 1 heterocycles. The lowest BCUT2D eigenvalue weighted by atomic mass is 10.00. The summed E-state index contributed by atoms with van der Waals surface area (Å²) in [4.78, 5) is 17.6. The number of carbonyl (C=O) groups is 1. The van der Waals surface area contributed by atoms with E-state index < -0.39 is 12.1 Å². The number of para-hydroxylation sites is 1. The highest BCUT2D eigenvalue weighted by Crippen LogP contribution is 2.36. The molecular weight excluding hydrogens is 602 g/mol. The van der Waals surface area contributed by atoms with E-state index in [2.05, 4.69) is 10.3 Å². The average Bonchev–Trinajstić information content (AvgIpc) is 3.05. The Hall–Kier alpha value is -4.59. The molecule has 0 spiro atoms. The summed E-state index contributed by atoms with van der Waals surface area (Å²) >= 11 is 12.9. The van der Waals surface area contributed by atoms with E-state index in [0.717, 1.165) is 16.7 Å². The molecule has 9 heteroatoms. The van der Waals surface area contributed by atoms with Crippen LogP contribution in [0.3, 0.4) is 0 Å². The number of nitrogens with one attached hydrogen (secondary N) is 1. The van der Waals surface area contributed by atoms with E-state index in [1.54, 1.807) is 55.6 Å². The Balaban J connectivity index is 1.36. The summed E-state index contributed by atoms with van der Waals surface area (Å²) < 4.78 is 30.9. The minimum absolute atomic E-state index is 0.212. The SMILES string of the molecule is COc1ccc([C@H](Cc2c(Cl)cncc2Cl)OC(=O)c2cccc(-c3ccc(CNc4ccccc4F)cc3)c2)cc1OC. The summed E-state index contributed by atoms with van der Waals surface area (Å²) in [6, 6.07) is 26.9. The van der Waals surface area contributed by atoms with Crippen LogP contribution in [0.2, 0.25) is 10.0 Å². The van der Waals surface area contributed by atoms with Crippen molar-refractivity contribution in [2.45, 2.75) is 19.1 Å². The van der Waals surface area contributed by atoms with Crippen molar-refractivity contribution in [1.82, 2.24) is 4.98 Å². The lowest BCUT2D eigenvalue weighted by Crippen LogP contribution is -2.15. The molecule has 1 N–H and O–H groups in total. The molecule has 0 aliphatic heterocycles. The van der Waals surface area contributed by atoms with Crippen LogP contribution in [0.5, 0.6) is 11.5 Å². The maximum Gasteiger partial charge on any atom is 0.338 e. The van der Waals surface area contributed by atoms with Crippen molar-refractivity contribution in [2.24, 2.45) is 0 Å². The first-order chi connectivity index (χ1) is 21.4. The van der Waals surface area contributed by atoms with Crippen LogP contribution in [0.15, 0.2) is 103 Å². The molecule has 0 unspecified atom stereocenters. The summed E-state index contributed by atoms with van der Waals surface area (Å²) in [5.74, 6) is 0.224. The lowest BCUT2D eigenvalue weighted by Gasteiger charge is -2.21. The molecule has 5 aromatic rings. The fraction of sp³-hybridized carbons (Fsp3) is 0.143. The largest absolute Gasteiger partial charge is 0.493 e. The standard InChI is InChI=1S/C35H29Cl2FN2O4/c1-42-32-15-14-25(17-34(32)43-2)33(18-27-28(36)20-39-21-29(27)37)44-35(41)26-7-5-6-24(16-26)23-12-10-22(11-13-23)19-40-31-9-4-3-8-30(31)38/h3-17,20-21,33,40H,18-19H2,1-2H3/t33-/m0/s1. The second-order valence-electron chi connectivity index (χ2n) is 9.91. The summed E-state index contributed by atoms with van der Waals surface area (Å²) in [5.41, 5.74) is 4.86. The van der Waals surface area contributed by atoms with Crippen LogP contribution in [-0.2, 0) is 17.7 Å². The van der Waals surface area contributed by atoms with Gasteiger partial charge in [-0.1, -0.05) is 77.8 Å². The van der Waals surface area contributed by atoms with Gasteiger partial charge in [0.2, 0.25) is 0 Å². The van der Waals surface area contributed by atoms with Crippen LogP contribution in [0.1, 0.15) is 33.2 Å². The Morgan fingerprint density at radius 2 is 1.57 bits per heavy atom. The molecular formula is C35H29Cl2FN2O4. The van der Waals surface area contributed by atoms with Crippen molar-refractivity contribution >= 4 is 34.9 Å². The average molecular weight is 632 g/mol. The molecule has 4 aromatic carbocycles. The summed E-state index contributed by atoms with van der Waals surface area (Å²) in [7, 11) is 3.09. The van der Waals surface area contributed by atoms with Gasteiger partial charge in [0, 0.05) is 25.4 Å². The summed E-state index contributed by atoms with van der Waals surface area (Å²) in [6.45, 7) is 0.469. The third-order valence-electron chi connectivity index (χ3n) is 7.11. The molecule has 0 aliphatic rings. The molecule has 0 aliphatic carbocycles. The van der Waals surface area contributed by atoms with Crippen LogP contribution in [0.4, 0.5) is 10.1 Å². The topological polar surface area (TPSA) is 69.7 Å². The van der Waals surface area contributed by atoms with Crippen molar-refractivity contribution in [3.8, 4) is 22.6 Å². The highest BCUT2D eigenvalue weighted by Gasteiger charge is 2.23. The van der Waals surface area contributed by atoms with Gasteiger partial charge in [0.15, 0.2) is 11.5 Å². The zero-order chi connectivity index (χ0) is 31.1. The van der Waals surface area contributed by atoms with Gasteiger partial charge in [0.25, 0.3) is 0 Å². The van der Waals surface area contributed by atoms with Crippen molar-refractivity contribution in [3.63, 3.8) is 0 Å². The number of hydrogen-bond donors (Lipinski definition) is 1. The molecule has 224 valence electrons. The first-order valence-electron chi connectivity index (χ1n) is 13.7. The third kappa shape index (κ3) is 7.30. The normalized spacial score (nSPS) is 11.5. The fourth-order valence-corrected chi connectivity index (χ4v) is 5.26. The molecule has 0 saturated carbocycles. The number of pyridine rings is 1. The number of halogens is 3. The van der Waals surface area contributed by atoms with Crippen LogP contribution in [-0.4, -0.2) is 25.2 Å². The fourth-order valence-electron chi connectivity index (χ4n) is 4.74. The highest BCUT2D eigenvalue weighted by molar-refractivity contribution is 6.35. The number of carbonyl (C=O) groups excluding carboxylic acids is 1. The van der Waals surface area contributed by atoms with Crippen molar-refractivity contribution < 1.29 is 23.4 Å². The van der Waals surface area contributed by atoms with E-state index in [0.29, 0.717) is 50.5 Å². The number of methoxy groups -OCH3 is 2. The Bertz CT molecular complexity index is 1740. The molecule has 6 nitrogen and oxygen atoms in total. The lowest BCUT2D eigenvalue weighted by molar-refractivity contribution is 0.0297. The van der Waals surface area contributed by atoms with Crippen molar-refractivity contribution in [3.05, 3.63) is 142 Å². The summed E-state index contributed by atoms with van der Waals surface area (Å²) in [6.07, 6.45) is 2.47. The Morgan fingerprint density at radius 1 is 0.841 bits per heavy atom. The van der Waals surface area contributed by atoms with E-state index in [-0.39, 0.29) is 12.2 Å². The zero-order valence-corrected chi connectivity index (χ0v) is 25.5. The third-order valence-corrected chi connectivity index (χ3v) is 7.76. The van der Waals surface area contributed by atoms with E-state index in [1.807, 2.05) is 36.4 Å². The first-order valence-corrected chi connectivity index (χ1v) is 14.5. The molecule has 0 fully saturated rings. The number of hydrogen-bond acceptors (Lipinski definition) is 6. The number of rotatable bonds is 11. The van der Waals surface area contributed by atoms with Gasteiger partial charge in [-0.3, -0.25) is 4.98 Å². The maximum absolute atomic E-state index is 13.9. The van der Waals surface area contributed by atoms with E-state index in [1.165, 1.54) is 25.6 Å². The molecule has 0 amide bonds. The molecule has 0 saturated heterocycles. The predicted molar refractivity (Wildman–Crippen MR) is 171 cm³/mol. The molecule has 0 bridgehead atoms. The minimum atomic E-state index is -0.746. The van der Waals surface area contributed by atoms with Gasteiger partial charge in [-0.2, -0.15) is 0 Å². The van der Waals surface area contributed by atoms with E-state index in [4.69, 9.17) is 37.4 Å². The maximum atomic E-state index is 13.9. The number of anilines is 1. The van der Waals surface area contributed by atoms with Gasteiger partial charge >= 0.3 is 5.97 Å². The Labute approximate surface area is 265 Å². The number of nitrogens with zero attached hydrogens (tertiary/aromatic N) is 1. The number of ether oxygens (including phenoxy) is 3.